The van der Waals surface area contributed by atoms with Gasteiger partial charge < -0.3 is 20.1 Å². The minimum Gasteiger partial charge on any atom is -0.493 e. The van der Waals surface area contributed by atoms with Crippen LogP contribution in [0, 0.1) is 0 Å². The van der Waals surface area contributed by atoms with Crippen molar-refractivity contribution in [3.05, 3.63) is 58.1 Å². The van der Waals surface area contributed by atoms with Crippen LogP contribution in [0.25, 0.3) is 0 Å². The van der Waals surface area contributed by atoms with Crippen molar-refractivity contribution >= 4 is 23.4 Å². The third-order valence-corrected chi connectivity index (χ3v) is 4.12. The molecule has 27 heavy (non-hydrogen) atoms. The number of amides is 2. The van der Waals surface area contributed by atoms with Crippen molar-refractivity contribution in [1.82, 2.24) is 10.6 Å². The zero-order chi connectivity index (χ0) is 19.8. The van der Waals surface area contributed by atoms with Gasteiger partial charge in [-0.05, 0) is 36.2 Å². The first-order chi connectivity index (χ1) is 13.0. The molecule has 0 unspecified atom stereocenters. The number of ether oxygens (including phenoxy) is 2. The summed E-state index contributed by atoms with van der Waals surface area (Å²) in [5, 5.41) is 5.71. The third-order valence-electron chi connectivity index (χ3n) is 3.84. The molecule has 2 aromatic rings. The molecule has 0 saturated carbocycles. The Balaban J connectivity index is 2.07. The SMILES string of the molecule is CCCOc1c(Cl)cc(C(=O)NCc2ccc(C(=O)NC)cc2)cc1OC. The zero-order valence-corrected chi connectivity index (χ0v) is 16.4. The molecule has 2 N–H and O–H groups in total. The number of nitrogens with one attached hydrogen (secondary N) is 2. The van der Waals surface area contributed by atoms with E-state index in [4.69, 9.17) is 21.1 Å². The maximum Gasteiger partial charge on any atom is 0.251 e. The van der Waals surface area contributed by atoms with Crippen LogP contribution in [0.15, 0.2) is 36.4 Å². The van der Waals surface area contributed by atoms with Crippen LogP contribution in [0.2, 0.25) is 5.02 Å². The zero-order valence-electron chi connectivity index (χ0n) is 15.6. The van der Waals surface area contributed by atoms with E-state index in [-0.39, 0.29) is 11.8 Å². The summed E-state index contributed by atoms with van der Waals surface area (Å²) in [4.78, 5) is 24.0. The maximum absolute atomic E-state index is 12.5. The summed E-state index contributed by atoms with van der Waals surface area (Å²) in [5.41, 5.74) is 1.81. The minimum absolute atomic E-state index is 0.155. The van der Waals surface area contributed by atoms with Gasteiger partial charge in [0.15, 0.2) is 11.5 Å². The van der Waals surface area contributed by atoms with E-state index in [2.05, 4.69) is 10.6 Å². The van der Waals surface area contributed by atoms with Crippen LogP contribution in [-0.2, 0) is 6.54 Å². The van der Waals surface area contributed by atoms with Gasteiger partial charge in [0, 0.05) is 24.7 Å². The van der Waals surface area contributed by atoms with Crippen LogP contribution in [-0.4, -0.2) is 32.6 Å². The second-order valence-electron chi connectivity index (χ2n) is 5.80. The lowest BCUT2D eigenvalue weighted by Gasteiger charge is -2.14. The molecule has 0 radical (unpaired) electrons. The number of rotatable bonds is 8. The summed E-state index contributed by atoms with van der Waals surface area (Å²) >= 11 is 6.25. The van der Waals surface area contributed by atoms with E-state index < -0.39 is 0 Å². The van der Waals surface area contributed by atoms with Crippen molar-refractivity contribution in [2.45, 2.75) is 19.9 Å². The van der Waals surface area contributed by atoms with E-state index in [9.17, 15) is 9.59 Å². The fraction of sp³-hybridized carbons (Fsp3) is 0.300. The molecule has 0 heterocycles. The van der Waals surface area contributed by atoms with Crippen molar-refractivity contribution < 1.29 is 19.1 Å². The van der Waals surface area contributed by atoms with Gasteiger partial charge in [-0.25, -0.2) is 0 Å². The summed E-state index contributed by atoms with van der Waals surface area (Å²) < 4.78 is 10.9. The Hall–Kier alpha value is -2.73. The van der Waals surface area contributed by atoms with Crippen molar-refractivity contribution in [3.8, 4) is 11.5 Å². The highest BCUT2D eigenvalue weighted by molar-refractivity contribution is 6.32. The fourth-order valence-electron chi connectivity index (χ4n) is 2.40. The average molecular weight is 391 g/mol. The van der Waals surface area contributed by atoms with E-state index >= 15 is 0 Å². The molecule has 2 rings (SSSR count). The summed E-state index contributed by atoms with van der Waals surface area (Å²) in [7, 11) is 3.08. The molecule has 6 nitrogen and oxygen atoms in total. The number of hydrogen-bond donors (Lipinski definition) is 2. The molecule has 0 aliphatic carbocycles. The number of carbonyl (C=O) groups is 2. The van der Waals surface area contributed by atoms with Gasteiger partial charge in [0.25, 0.3) is 11.8 Å². The first-order valence-corrected chi connectivity index (χ1v) is 8.97. The molecule has 2 amide bonds. The predicted molar refractivity (Wildman–Crippen MR) is 105 cm³/mol. The van der Waals surface area contributed by atoms with Gasteiger partial charge >= 0.3 is 0 Å². The first kappa shape index (κ1) is 20.6. The van der Waals surface area contributed by atoms with Crippen LogP contribution >= 0.6 is 11.6 Å². The number of carbonyl (C=O) groups excluding carboxylic acids is 2. The Morgan fingerprint density at radius 1 is 1.07 bits per heavy atom. The van der Waals surface area contributed by atoms with E-state index in [0.29, 0.717) is 40.8 Å². The second kappa shape index (κ2) is 9.83. The summed E-state index contributed by atoms with van der Waals surface area (Å²) in [6.45, 7) is 2.82. The smallest absolute Gasteiger partial charge is 0.251 e. The largest absolute Gasteiger partial charge is 0.493 e. The van der Waals surface area contributed by atoms with Gasteiger partial charge in [0.1, 0.15) is 0 Å². The molecule has 0 saturated heterocycles. The molecule has 0 atom stereocenters. The quantitative estimate of drug-likeness (QED) is 0.724. The Morgan fingerprint density at radius 2 is 1.78 bits per heavy atom. The van der Waals surface area contributed by atoms with E-state index in [0.717, 1.165) is 12.0 Å². The Bertz CT molecular complexity index is 806. The normalized spacial score (nSPS) is 10.2. The van der Waals surface area contributed by atoms with Gasteiger partial charge in [-0.2, -0.15) is 0 Å². The average Bonchev–Trinajstić information content (AvgIpc) is 2.70. The fourth-order valence-corrected chi connectivity index (χ4v) is 2.66. The lowest BCUT2D eigenvalue weighted by Crippen LogP contribution is -2.23. The highest BCUT2D eigenvalue weighted by Gasteiger charge is 2.16. The number of benzene rings is 2. The Morgan fingerprint density at radius 3 is 2.37 bits per heavy atom. The highest BCUT2D eigenvalue weighted by atomic mass is 35.5. The van der Waals surface area contributed by atoms with Crippen LogP contribution in [0.4, 0.5) is 0 Å². The lowest BCUT2D eigenvalue weighted by molar-refractivity contribution is 0.0945. The number of methoxy groups -OCH3 is 1. The Kier molecular flexibility index (Phi) is 7.49. The van der Waals surface area contributed by atoms with Crippen LogP contribution in [0.5, 0.6) is 11.5 Å². The van der Waals surface area contributed by atoms with Crippen LogP contribution in [0.3, 0.4) is 0 Å². The van der Waals surface area contributed by atoms with Gasteiger partial charge in [0.2, 0.25) is 0 Å². The van der Waals surface area contributed by atoms with Crippen LogP contribution < -0.4 is 20.1 Å². The second-order valence-corrected chi connectivity index (χ2v) is 6.20. The topological polar surface area (TPSA) is 76.7 Å². The van der Waals surface area contributed by atoms with Gasteiger partial charge in [-0.15, -0.1) is 0 Å². The maximum atomic E-state index is 12.5. The molecule has 0 aliphatic heterocycles. The summed E-state index contributed by atoms with van der Waals surface area (Å²) in [5.74, 6) is 0.406. The molecular weight excluding hydrogens is 368 g/mol. The Labute approximate surface area is 163 Å². The highest BCUT2D eigenvalue weighted by Crippen LogP contribution is 2.36. The minimum atomic E-state index is -0.285. The van der Waals surface area contributed by atoms with Gasteiger partial charge in [-0.3, -0.25) is 9.59 Å². The molecule has 0 bridgehead atoms. The summed E-state index contributed by atoms with van der Waals surface area (Å²) in [6, 6.07) is 10.2. The molecule has 0 aromatic heterocycles. The van der Waals surface area contributed by atoms with Gasteiger partial charge in [0.05, 0.1) is 18.7 Å². The van der Waals surface area contributed by atoms with Crippen molar-refractivity contribution in [2.75, 3.05) is 20.8 Å². The van der Waals surface area contributed by atoms with Crippen LogP contribution in [0.1, 0.15) is 39.6 Å². The monoisotopic (exact) mass is 390 g/mol. The van der Waals surface area contributed by atoms with Crippen molar-refractivity contribution in [3.63, 3.8) is 0 Å². The molecule has 2 aromatic carbocycles. The molecule has 0 fully saturated rings. The van der Waals surface area contributed by atoms with Crippen molar-refractivity contribution in [1.29, 1.82) is 0 Å². The van der Waals surface area contributed by atoms with Crippen molar-refractivity contribution in [2.24, 2.45) is 0 Å². The number of hydrogen-bond acceptors (Lipinski definition) is 4. The molecule has 144 valence electrons. The van der Waals surface area contributed by atoms with E-state index in [1.165, 1.54) is 7.11 Å². The lowest BCUT2D eigenvalue weighted by atomic mass is 10.1. The standard InChI is InChI=1S/C20H23ClN2O4/c1-4-9-27-18-16(21)10-15(11-17(18)26-3)20(25)23-12-13-5-7-14(8-6-13)19(24)22-2/h5-8,10-11H,4,9,12H2,1-3H3,(H,22,24)(H,23,25). The molecule has 0 spiro atoms. The molecule has 7 heteroatoms. The molecular formula is C20H23ClN2O4. The summed E-state index contributed by atoms with van der Waals surface area (Å²) in [6.07, 6.45) is 0.834. The first-order valence-electron chi connectivity index (χ1n) is 8.59. The van der Waals surface area contributed by atoms with E-state index in [1.54, 1.807) is 43.4 Å². The van der Waals surface area contributed by atoms with E-state index in [1.807, 2.05) is 6.92 Å². The number of halogens is 1. The van der Waals surface area contributed by atoms with Gasteiger partial charge in [-0.1, -0.05) is 30.7 Å². The predicted octanol–water partition coefficient (Wildman–Crippen LogP) is 3.43. The third kappa shape index (κ3) is 5.37. The molecule has 0 aliphatic rings.